The standard InChI is InChI=1S/C14H16Cl2N2O3/c15-10-2-1-3-11(16)13(10)18-12(19)8-17-14(20)9-4-6-21-7-5-9/h1-3,9H,4-8H2,(H,17,20)(H,18,19). The molecule has 114 valence electrons. The Balaban J connectivity index is 1.83. The number of hydrogen-bond donors (Lipinski definition) is 2. The van der Waals surface area contributed by atoms with Gasteiger partial charge in [0, 0.05) is 19.1 Å². The minimum absolute atomic E-state index is 0.0875. The van der Waals surface area contributed by atoms with Gasteiger partial charge in [0.25, 0.3) is 0 Å². The van der Waals surface area contributed by atoms with Gasteiger partial charge in [0.1, 0.15) is 0 Å². The summed E-state index contributed by atoms with van der Waals surface area (Å²) in [6, 6.07) is 4.95. The van der Waals surface area contributed by atoms with Crippen molar-refractivity contribution in [3.8, 4) is 0 Å². The highest BCUT2D eigenvalue weighted by atomic mass is 35.5. The molecule has 1 aromatic rings. The first-order valence-corrected chi connectivity index (χ1v) is 7.43. The van der Waals surface area contributed by atoms with Gasteiger partial charge in [0.15, 0.2) is 0 Å². The van der Waals surface area contributed by atoms with Gasteiger partial charge in [-0.3, -0.25) is 9.59 Å². The maximum Gasteiger partial charge on any atom is 0.243 e. The molecule has 1 heterocycles. The van der Waals surface area contributed by atoms with Crippen LogP contribution in [0.5, 0.6) is 0 Å². The fourth-order valence-corrected chi connectivity index (χ4v) is 2.56. The first-order chi connectivity index (χ1) is 10.1. The molecule has 0 radical (unpaired) electrons. The highest BCUT2D eigenvalue weighted by Crippen LogP contribution is 2.29. The molecule has 5 nitrogen and oxygen atoms in total. The number of anilines is 1. The van der Waals surface area contributed by atoms with E-state index in [1.54, 1.807) is 18.2 Å². The van der Waals surface area contributed by atoms with E-state index >= 15 is 0 Å². The summed E-state index contributed by atoms with van der Waals surface area (Å²) >= 11 is 11.9. The number of halogens is 2. The lowest BCUT2D eigenvalue weighted by Gasteiger charge is -2.21. The molecule has 21 heavy (non-hydrogen) atoms. The zero-order valence-electron chi connectivity index (χ0n) is 11.3. The summed E-state index contributed by atoms with van der Waals surface area (Å²) in [7, 11) is 0. The fraction of sp³-hybridized carbons (Fsp3) is 0.429. The van der Waals surface area contributed by atoms with E-state index in [1.165, 1.54) is 0 Å². The van der Waals surface area contributed by atoms with Crippen LogP contribution in [0.25, 0.3) is 0 Å². The predicted molar refractivity (Wildman–Crippen MR) is 81.6 cm³/mol. The second-order valence-electron chi connectivity index (χ2n) is 4.75. The average molecular weight is 331 g/mol. The normalized spacial score (nSPS) is 15.5. The van der Waals surface area contributed by atoms with E-state index in [0.717, 1.165) is 0 Å². The van der Waals surface area contributed by atoms with Gasteiger partial charge < -0.3 is 15.4 Å². The second kappa shape index (κ2) is 7.64. The van der Waals surface area contributed by atoms with E-state index in [2.05, 4.69) is 10.6 Å². The molecule has 0 bridgehead atoms. The Morgan fingerprint density at radius 1 is 1.19 bits per heavy atom. The van der Waals surface area contributed by atoms with Crippen molar-refractivity contribution in [2.24, 2.45) is 5.92 Å². The summed E-state index contributed by atoms with van der Waals surface area (Å²) in [5.74, 6) is -0.584. The Bertz CT molecular complexity index is 511. The Morgan fingerprint density at radius 2 is 1.81 bits per heavy atom. The summed E-state index contributed by atoms with van der Waals surface area (Å²) in [6.07, 6.45) is 1.37. The van der Waals surface area contributed by atoms with Gasteiger partial charge in [0.05, 0.1) is 22.3 Å². The van der Waals surface area contributed by atoms with Crippen molar-refractivity contribution in [2.75, 3.05) is 25.1 Å². The first-order valence-electron chi connectivity index (χ1n) is 6.67. The molecular weight excluding hydrogens is 315 g/mol. The monoisotopic (exact) mass is 330 g/mol. The third-order valence-corrected chi connectivity index (χ3v) is 3.87. The van der Waals surface area contributed by atoms with Crippen LogP contribution in [-0.4, -0.2) is 31.6 Å². The maximum atomic E-state index is 11.9. The summed E-state index contributed by atoms with van der Waals surface area (Å²) < 4.78 is 5.19. The topological polar surface area (TPSA) is 67.4 Å². The number of ether oxygens (including phenoxy) is 1. The van der Waals surface area contributed by atoms with E-state index in [-0.39, 0.29) is 24.3 Å². The lowest BCUT2D eigenvalue weighted by atomic mass is 9.99. The quantitative estimate of drug-likeness (QED) is 0.891. The highest BCUT2D eigenvalue weighted by Gasteiger charge is 2.21. The van der Waals surface area contributed by atoms with Crippen LogP contribution in [-0.2, 0) is 14.3 Å². The van der Waals surface area contributed by atoms with Crippen LogP contribution < -0.4 is 10.6 Å². The molecule has 1 fully saturated rings. The molecule has 1 aliphatic heterocycles. The molecule has 0 unspecified atom stereocenters. The molecule has 2 rings (SSSR count). The number of nitrogens with one attached hydrogen (secondary N) is 2. The van der Waals surface area contributed by atoms with Crippen molar-refractivity contribution in [1.29, 1.82) is 0 Å². The Morgan fingerprint density at radius 3 is 2.43 bits per heavy atom. The van der Waals surface area contributed by atoms with Crippen LogP contribution in [0.15, 0.2) is 18.2 Å². The van der Waals surface area contributed by atoms with Crippen molar-refractivity contribution in [3.05, 3.63) is 28.2 Å². The van der Waals surface area contributed by atoms with Gasteiger partial charge >= 0.3 is 0 Å². The SMILES string of the molecule is O=C(CNC(=O)C1CCOCC1)Nc1c(Cl)cccc1Cl. The zero-order chi connectivity index (χ0) is 15.2. The summed E-state index contributed by atoms with van der Waals surface area (Å²) in [4.78, 5) is 23.7. The van der Waals surface area contributed by atoms with E-state index in [9.17, 15) is 9.59 Å². The third-order valence-electron chi connectivity index (χ3n) is 3.24. The van der Waals surface area contributed by atoms with E-state index in [1.807, 2.05) is 0 Å². The van der Waals surface area contributed by atoms with Crippen molar-refractivity contribution in [2.45, 2.75) is 12.8 Å². The second-order valence-corrected chi connectivity index (χ2v) is 5.56. The Hall–Kier alpha value is -1.30. The highest BCUT2D eigenvalue weighted by molar-refractivity contribution is 6.39. The largest absolute Gasteiger partial charge is 0.381 e. The van der Waals surface area contributed by atoms with Crippen LogP contribution >= 0.6 is 23.2 Å². The van der Waals surface area contributed by atoms with Gasteiger partial charge in [-0.1, -0.05) is 29.3 Å². The third kappa shape index (κ3) is 4.59. The lowest BCUT2D eigenvalue weighted by molar-refractivity contribution is -0.129. The van der Waals surface area contributed by atoms with Gasteiger partial charge in [-0.15, -0.1) is 0 Å². The number of carbonyl (C=O) groups is 2. The van der Waals surface area contributed by atoms with Crippen LogP contribution in [0.2, 0.25) is 10.0 Å². The van der Waals surface area contributed by atoms with Crippen LogP contribution in [0.4, 0.5) is 5.69 Å². The number of para-hydroxylation sites is 1. The fourth-order valence-electron chi connectivity index (χ4n) is 2.07. The average Bonchev–Trinajstić information content (AvgIpc) is 2.49. The number of rotatable bonds is 4. The van der Waals surface area contributed by atoms with Crippen molar-refractivity contribution in [1.82, 2.24) is 5.32 Å². The Kier molecular flexibility index (Phi) is 5.85. The molecule has 1 aromatic carbocycles. The van der Waals surface area contributed by atoms with Crippen molar-refractivity contribution in [3.63, 3.8) is 0 Å². The van der Waals surface area contributed by atoms with Crippen LogP contribution in [0, 0.1) is 5.92 Å². The molecule has 0 spiro atoms. The van der Waals surface area contributed by atoms with Crippen LogP contribution in [0.1, 0.15) is 12.8 Å². The molecule has 2 N–H and O–H groups in total. The van der Waals surface area contributed by atoms with Gasteiger partial charge in [-0.05, 0) is 25.0 Å². The smallest absolute Gasteiger partial charge is 0.243 e. The molecule has 0 saturated carbocycles. The number of benzene rings is 1. The summed E-state index contributed by atoms with van der Waals surface area (Å²) in [6.45, 7) is 1.05. The first kappa shape index (κ1) is 16.1. The molecule has 0 aliphatic carbocycles. The zero-order valence-corrected chi connectivity index (χ0v) is 12.8. The van der Waals surface area contributed by atoms with Gasteiger partial charge in [-0.25, -0.2) is 0 Å². The van der Waals surface area contributed by atoms with Crippen LogP contribution in [0.3, 0.4) is 0 Å². The van der Waals surface area contributed by atoms with E-state index in [4.69, 9.17) is 27.9 Å². The van der Waals surface area contributed by atoms with E-state index in [0.29, 0.717) is 41.8 Å². The molecule has 2 amide bonds. The number of hydrogen-bond acceptors (Lipinski definition) is 3. The van der Waals surface area contributed by atoms with Crippen molar-refractivity contribution < 1.29 is 14.3 Å². The molecule has 1 aliphatic rings. The summed E-state index contributed by atoms with van der Waals surface area (Å²) in [5, 5.41) is 5.92. The minimum Gasteiger partial charge on any atom is -0.381 e. The lowest BCUT2D eigenvalue weighted by Crippen LogP contribution is -2.38. The minimum atomic E-state index is -0.370. The van der Waals surface area contributed by atoms with Gasteiger partial charge in [0.2, 0.25) is 11.8 Å². The molecule has 1 saturated heterocycles. The molecule has 0 atom stereocenters. The van der Waals surface area contributed by atoms with Crippen molar-refractivity contribution >= 4 is 40.7 Å². The molecule has 0 aromatic heterocycles. The number of amides is 2. The molecule has 7 heteroatoms. The van der Waals surface area contributed by atoms with E-state index < -0.39 is 0 Å². The molecular formula is C14H16Cl2N2O3. The maximum absolute atomic E-state index is 11.9. The summed E-state index contributed by atoms with van der Waals surface area (Å²) in [5.41, 5.74) is 0.353. The predicted octanol–water partition coefficient (Wildman–Crippen LogP) is 2.47. The number of carbonyl (C=O) groups excluding carboxylic acids is 2. The Labute approximate surface area is 132 Å². The van der Waals surface area contributed by atoms with Gasteiger partial charge in [-0.2, -0.15) is 0 Å².